The molecular formula is C7H7F4N3O6. The lowest BCUT2D eigenvalue weighted by atomic mass is 10.7. The summed E-state index contributed by atoms with van der Waals surface area (Å²) in [6.07, 6.45) is -8.40. The van der Waals surface area contributed by atoms with Crippen molar-refractivity contribution in [3.8, 4) is 18.0 Å². The van der Waals surface area contributed by atoms with Crippen molar-refractivity contribution in [2.24, 2.45) is 0 Å². The van der Waals surface area contributed by atoms with E-state index in [0.717, 1.165) is 0 Å². The van der Waals surface area contributed by atoms with Gasteiger partial charge in [0.2, 0.25) is 0 Å². The number of alkyl halides is 4. The SMILES string of the molecule is OOc1nc(OCC(O)(F)F)nc(OCC(O)(F)F)n1. The minimum atomic E-state index is -4.20. The Morgan fingerprint density at radius 1 is 0.800 bits per heavy atom. The van der Waals surface area contributed by atoms with Gasteiger partial charge in [0.1, 0.15) is 0 Å². The summed E-state index contributed by atoms with van der Waals surface area (Å²) in [6, 6.07) is -2.73. The van der Waals surface area contributed by atoms with E-state index in [2.05, 4.69) is 29.3 Å². The molecule has 1 aromatic heterocycles. The number of hydrogen-bond donors (Lipinski definition) is 3. The van der Waals surface area contributed by atoms with Crippen LogP contribution in [0.15, 0.2) is 0 Å². The molecule has 0 aromatic carbocycles. The van der Waals surface area contributed by atoms with Gasteiger partial charge >= 0.3 is 30.2 Å². The summed E-state index contributed by atoms with van der Waals surface area (Å²) in [7, 11) is 0. The molecule has 1 rings (SSSR count). The van der Waals surface area contributed by atoms with Crippen molar-refractivity contribution in [2.45, 2.75) is 12.2 Å². The molecule has 0 unspecified atom stereocenters. The Morgan fingerprint density at radius 3 is 1.45 bits per heavy atom. The first-order chi connectivity index (χ1) is 9.09. The largest absolute Gasteiger partial charge is 0.454 e. The van der Waals surface area contributed by atoms with E-state index in [1.165, 1.54) is 0 Å². The van der Waals surface area contributed by atoms with Gasteiger partial charge in [-0.2, -0.15) is 22.8 Å². The minimum absolute atomic E-state index is 0.908. The second-order valence-corrected chi connectivity index (χ2v) is 3.18. The normalized spacial score (nSPS) is 12.2. The van der Waals surface area contributed by atoms with Gasteiger partial charge in [0.15, 0.2) is 13.2 Å². The maximum absolute atomic E-state index is 12.1. The van der Waals surface area contributed by atoms with Crippen LogP contribution in [0.2, 0.25) is 0 Å². The molecule has 0 bridgehead atoms. The average Bonchev–Trinajstić information content (AvgIpc) is 2.32. The van der Waals surface area contributed by atoms with Crippen molar-refractivity contribution in [1.82, 2.24) is 15.0 Å². The number of nitrogens with zero attached hydrogens (tertiary/aromatic N) is 3. The first-order valence-electron chi connectivity index (χ1n) is 4.62. The van der Waals surface area contributed by atoms with Crippen molar-refractivity contribution in [3.05, 3.63) is 0 Å². The van der Waals surface area contributed by atoms with E-state index in [0.29, 0.717) is 0 Å². The molecule has 13 heteroatoms. The third-order valence-electron chi connectivity index (χ3n) is 1.41. The van der Waals surface area contributed by atoms with E-state index < -0.39 is 43.5 Å². The van der Waals surface area contributed by atoms with Crippen molar-refractivity contribution in [1.29, 1.82) is 0 Å². The quantitative estimate of drug-likeness (QED) is 0.352. The molecule has 0 aliphatic carbocycles. The summed E-state index contributed by atoms with van der Waals surface area (Å²) < 4.78 is 56.8. The summed E-state index contributed by atoms with van der Waals surface area (Å²) in [6.45, 7) is -3.12. The molecule has 9 nitrogen and oxygen atoms in total. The van der Waals surface area contributed by atoms with Crippen LogP contribution in [-0.2, 0) is 0 Å². The Labute approximate surface area is 107 Å². The summed E-state index contributed by atoms with van der Waals surface area (Å²) in [5, 5.41) is 24.5. The van der Waals surface area contributed by atoms with E-state index >= 15 is 0 Å². The van der Waals surface area contributed by atoms with Crippen molar-refractivity contribution in [3.63, 3.8) is 0 Å². The summed E-state index contributed by atoms with van der Waals surface area (Å²) in [5.41, 5.74) is 0. The first kappa shape index (κ1) is 16.1. The molecule has 0 saturated carbocycles. The average molecular weight is 305 g/mol. The van der Waals surface area contributed by atoms with Crippen LogP contribution in [0.3, 0.4) is 0 Å². The molecule has 0 radical (unpaired) electrons. The van der Waals surface area contributed by atoms with Crippen LogP contribution in [0.4, 0.5) is 17.6 Å². The number of aromatic nitrogens is 3. The summed E-state index contributed by atoms with van der Waals surface area (Å²) in [4.78, 5) is 12.9. The Morgan fingerprint density at radius 2 is 1.15 bits per heavy atom. The third-order valence-corrected chi connectivity index (χ3v) is 1.41. The molecule has 0 aliphatic heterocycles. The van der Waals surface area contributed by atoms with Gasteiger partial charge in [-0.15, -0.1) is 15.0 Å². The molecule has 0 saturated heterocycles. The zero-order chi connectivity index (χ0) is 15.4. The van der Waals surface area contributed by atoms with E-state index in [1.807, 2.05) is 0 Å². The van der Waals surface area contributed by atoms with Crippen molar-refractivity contribution in [2.75, 3.05) is 13.2 Å². The standard InChI is InChI=1S/C7H7F4N3O6/c8-6(9,15)1-18-3-12-4(14-5(13-3)20-17)19-2-7(10,11)16/h15-17H,1-2H2. The van der Waals surface area contributed by atoms with Crippen molar-refractivity contribution < 1.29 is 47.4 Å². The van der Waals surface area contributed by atoms with E-state index in [4.69, 9.17) is 15.5 Å². The van der Waals surface area contributed by atoms with Gasteiger partial charge in [0, 0.05) is 0 Å². The van der Waals surface area contributed by atoms with Crippen LogP contribution >= 0.6 is 0 Å². The van der Waals surface area contributed by atoms with Gasteiger partial charge in [-0.3, -0.25) is 4.89 Å². The molecular weight excluding hydrogens is 298 g/mol. The highest BCUT2D eigenvalue weighted by Crippen LogP contribution is 2.18. The molecule has 1 aromatic rings. The van der Waals surface area contributed by atoms with E-state index in [9.17, 15) is 17.6 Å². The van der Waals surface area contributed by atoms with Gasteiger partial charge in [-0.05, 0) is 0 Å². The van der Waals surface area contributed by atoms with E-state index in [-0.39, 0.29) is 0 Å². The Bertz CT molecular complexity index is 415. The highest BCUT2D eigenvalue weighted by atomic mass is 19.3. The second-order valence-electron chi connectivity index (χ2n) is 3.18. The molecule has 3 N–H and O–H groups in total. The van der Waals surface area contributed by atoms with Gasteiger partial charge < -0.3 is 19.7 Å². The van der Waals surface area contributed by atoms with Crippen LogP contribution in [0.1, 0.15) is 0 Å². The number of hydrogen-bond acceptors (Lipinski definition) is 9. The highest BCUT2D eigenvalue weighted by Gasteiger charge is 2.28. The van der Waals surface area contributed by atoms with E-state index in [1.54, 1.807) is 0 Å². The Kier molecular flexibility index (Phi) is 4.80. The predicted octanol–water partition coefficient (Wildman–Crippen LogP) is -0.349. The fourth-order valence-corrected chi connectivity index (χ4v) is 0.793. The predicted molar refractivity (Wildman–Crippen MR) is 48.4 cm³/mol. The molecule has 0 aliphatic rings. The molecule has 114 valence electrons. The molecule has 0 spiro atoms. The van der Waals surface area contributed by atoms with Gasteiger partial charge in [0.05, 0.1) is 0 Å². The number of rotatable bonds is 7. The number of aliphatic hydroxyl groups is 2. The first-order valence-corrected chi connectivity index (χ1v) is 4.62. The van der Waals surface area contributed by atoms with Gasteiger partial charge in [-0.25, -0.2) is 0 Å². The fourth-order valence-electron chi connectivity index (χ4n) is 0.793. The molecule has 0 amide bonds. The molecule has 1 heterocycles. The Hall–Kier alpha value is -1.99. The monoisotopic (exact) mass is 305 g/mol. The topological polar surface area (TPSA) is 127 Å². The zero-order valence-corrected chi connectivity index (χ0v) is 9.33. The number of halogens is 4. The van der Waals surface area contributed by atoms with Crippen LogP contribution < -0.4 is 14.4 Å². The van der Waals surface area contributed by atoms with Crippen LogP contribution in [0.25, 0.3) is 0 Å². The Balaban J connectivity index is 2.80. The highest BCUT2D eigenvalue weighted by molar-refractivity contribution is 5.08. The molecule has 0 fully saturated rings. The fraction of sp³-hybridized carbons (Fsp3) is 0.571. The number of ether oxygens (including phenoxy) is 2. The summed E-state index contributed by atoms with van der Waals surface area (Å²) >= 11 is 0. The van der Waals surface area contributed by atoms with Crippen molar-refractivity contribution >= 4 is 0 Å². The minimum Gasteiger partial charge on any atom is -0.454 e. The lowest BCUT2D eigenvalue weighted by Crippen LogP contribution is -2.26. The van der Waals surface area contributed by atoms with Gasteiger partial charge in [0.25, 0.3) is 0 Å². The molecule has 0 atom stereocenters. The smallest absolute Gasteiger partial charge is 0.387 e. The summed E-state index contributed by atoms with van der Waals surface area (Å²) in [5.74, 6) is 0. The lowest BCUT2D eigenvalue weighted by Gasteiger charge is -2.11. The van der Waals surface area contributed by atoms with Crippen LogP contribution in [-0.4, -0.2) is 55.9 Å². The molecule has 20 heavy (non-hydrogen) atoms. The maximum Gasteiger partial charge on any atom is 0.387 e. The third kappa shape index (κ3) is 6.26. The van der Waals surface area contributed by atoms with Crippen LogP contribution in [0, 0.1) is 0 Å². The lowest BCUT2D eigenvalue weighted by molar-refractivity contribution is -0.218. The second kappa shape index (κ2) is 5.98. The van der Waals surface area contributed by atoms with Crippen LogP contribution in [0.5, 0.6) is 18.0 Å². The zero-order valence-electron chi connectivity index (χ0n) is 9.33. The van der Waals surface area contributed by atoms with Gasteiger partial charge in [-0.1, -0.05) is 0 Å². The maximum atomic E-state index is 12.1.